The molecule has 9 heteroatoms. The molecule has 0 saturated heterocycles. The highest BCUT2D eigenvalue weighted by Gasteiger charge is 2.42. The summed E-state index contributed by atoms with van der Waals surface area (Å²) in [6.07, 6.45) is 0.863. The molecule has 1 fully saturated rings. The minimum atomic E-state index is -1.01. The summed E-state index contributed by atoms with van der Waals surface area (Å²) < 4.78 is 10.00. The molecule has 1 saturated carbocycles. The second-order valence-corrected chi connectivity index (χ2v) is 6.26. The van der Waals surface area contributed by atoms with Gasteiger partial charge in [0.2, 0.25) is 6.29 Å². The molecular weight excluding hydrogens is 302 g/mol. The summed E-state index contributed by atoms with van der Waals surface area (Å²) in [6, 6.07) is 0.136. The molecule has 3 unspecified atom stereocenters. The van der Waals surface area contributed by atoms with Crippen molar-refractivity contribution in [3.63, 3.8) is 0 Å². The molecule has 0 amide bonds. The van der Waals surface area contributed by atoms with E-state index in [0.29, 0.717) is 0 Å². The summed E-state index contributed by atoms with van der Waals surface area (Å²) in [6.45, 7) is 3.30. The van der Waals surface area contributed by atoms with Crippen molar-refractivity contribution in [1.82, 2.24) is 9.80 Å². The number of esters is 2. The molecule has 1 aliphatic rings. The molecule has 0 aromatic heterocycles. The smallest absolute Gasteiger partial charge is 0.328 e. The lowest BCUT2D eigenvalue weighted by molar-refractivity contribution is -0.185. The van der Waals surface area contributed by atoms with Gasteiger partial charge in [-0.25, -0.2) is 0 Å². The van der Waals surface area contributed by atoms with Crippen LogP contribution in [0, 0.1) is 5.41 Å². The molecule has 23 heavy (non-hydrogen) atoms. The molecule has 1 rings (SSSR count). The lowest BCUT2D eigenvalue weighted by Gasteiger charge is -2.48. The highest BCUT2D eigenvalue weighted by molar-refractivity contribution is 5.81. The zero-order chi connectivity index (χ0) is 17.8. The molecule has 1 aliphatic carbocycles. The number of ether oxygens (including phenoxy) is 2. The molecule has 0 bridgehead atoms. The SMILES string of the molecule is CC(OC(=O)CN(C)C(=N)N)OC(=O)CN(C)C1CCC1(C)N. The number of nitrogens with zero attached hydrogens (tertiary/aromatic N) is 2. The first-order chi connectivity index (χ1) is 10.5. The Labute approximate surface area is 136 Å². The normalized spacial score (nSPS) is 24.5. The highest BCUT2D eigenvalue weighted by atomic mass is 16.7. The molecule has 3 atom stereocenters. The van der Waals surface area contributed by atoms with Gasteiger partial charge in [0.05, 0.1) is 6.54 Å². The van der Waals surface area contributed by atoms with Crippen LogP contribution in [0.1, 0.15) is 26.7 Å². The van der Waals surface area contributed by atoms with Gasteiger partial charge in [-0.2, -0.15) is 0 Å². The second kappa shape index (κ2) is 7.60. The van der Waals surface area contributed by atoms with Crippen LogP contribution in [-0.2, 0) is 19.1 Å². The molecule has 0 radical (unpaired) electrons. The zero-order valence-electron chi connectivity index (χ0n) is 14.2. The predicted molar refractivity (Wildman–Crippen MR) is 84.4 cm³/mol. The number of rotatable bonds is 7. The summed E-state index contributed by atoms with van der Waals surface area (Å²) in [5.74, 6) is -1.38. The Morgan fingerprint density at radius 3 is 2.22 bits per heavy atom. The predicted octanol–water partition coefficient (Wildman–Crippen LogP) is -0.944. The fraction of sp³-hybridized carbons (Fsp3) is 0.786. The van der Waals surface area contributed by atoms with Crippen LogP contribution in [0.5, 0.6) is 0 Å². The second-order valence-electron chi connectivity index (χ2n) is 6.26. The zero-order valence-corrected chi connectivity index (χ0v) is 14.2. The van der Waals surface area contributed by atoms with E-state index in [1.54, 1.807) is 0 Å². The summed E-state index contributed by atoms with van der Waals surface area (Å²) in [4.78, 5) is 26.5. The minimum Gasteiger partial charge on any atom is -0.425 e. The van der Waals surface area contributed by atoms with Crippen LogP contribution in [0.4, 0.5) is 0 Å². The fourth-order valence-corrected chi connectivity index (χ4v) is 2.51. The first-order valence-electron chi connectivity index (χ1n) is 7.46. The molecule has 132 valence electrons. The maximum atomic E-state index is 11.9. The van der Waals surface area contributed by atoms with Crippen molar-refractivity contribution >= 4 is 17.9 Å². The Morgan fingerprint density at radius 1 is 1.30 bits per heavy atom. The third-order valence-corrected chi connectivity index (χ3v) is 4.00. The quantitative estimate of drug-likeness (QED) is 0.236. The van der Waals surface area contributed by atoms with Crippen molar-refractivity contribution in [3.05, 3.63) is 0 Å². The van der Waals surface area contributed by atoms with Crippen LogP contribution in [0.2, 0.25) is 0 Å². The Balaban J connectivity index is 2.33. The summed E-state index contributed by atoms with van der Waals surface area (Å²) in [5.41, 5.74) is 11.0. The number of likely N-dealkylation sites (N-methyl/N-ethyl adjacent to an activating group) is 2. The monoisotopic (exact) mass is 329 g/mol. The minimum absolute atomic E-state index is 0.0761. The third-order valence-electron chi connectivity index (χ3n) is 4.00. The van der Waals surface area contributed by atoms with Gasteiger partial charge >= 0.3 is 11.9 Å². The van der Waals surface area contributed by atoms with Crippen LogP contribution in [0.25, 0.3) is 0 Å². The Bertz CT molecular complexity index is 468. The molecule has 0 aromatic carbocycles. The van der Waals surface area contributed by atoms with Gasteiger partial charge in [0.25, 0.3) is 0 Å². The summed E-state index contributed by atoms with van der Waals surface area (Å²) >= 11 is 0. The first-order valence-corrected chi connectivity index (χ1v) is 7.46. The van der Waals surface area contributed by atoms with E-state index < -0.39 is 18.2 Å². The molecule has 9 nitrogen and oxygen atoms in total. The molecular formula is C14H27N5O4. The lowest BCUT2D eigenvalue weighted by atomic mass is 9.73. The maximum Gasteiger partial charge on any atom is 0.328 e. The van der Waals surface area contributed by atoms with Crippen LogP contribution < -0.4 is 11.5 Å². The van der Waals surface area contributed by atoms with Crippen molar-refractivity contribution in [2.75, 3.05) is 27.2 Å². The Morgan fingerprint density at radius 2 is 1.83 bits per heavy atom. The van der Waals surface area contributed by atoms with E-state index in [0.717, 1.165) is 12.8 Å². The average Bonchev–Trinajstić information content (AvgIpc) is 2.35. The summed E-state index contributed by atoms with van der Waals surface area (Å²) in [5, 5.41) is 7.16. The highest BCUT2D eigenvalue weighted by Crippen LogP contribution is 2.32. The molecule has 0 aromatic rings. The number of carbonyl (C=O) groups excluding carboxylic acids is 2. The van der Waals surface area contributed by atoms with E-state index in [1.807, 2.05) is 18.9 Å². The summed E-state index contributed by atoms with van der Waals surface area (Å²) in [7, 11) is 3.30. The van der Waals surface area contributed by atoms with E-state index in [9.17, 15) is 9.59 Å². The van der Waals surface area contributed by atoms with E-state index in [1.165, 1.54) is 18.9 Å². The Kier molecular flexibility index (Phi) is 6.34. The number of hydrogen-bond donors (Lipinski definition) is 3. The van der Waals surface area contributed by atoms with Crippen LogP contribution in [-0.4, -0.2) is 72.8 Å². The van der Waals surface area contributed by atoms with Crippen molar-refractivity contribution in [3.8, 4) is 0 Å². The van der Waals surface area contributed by atoms with E-state index in [2.05, 4.69) is 0 Å². The van der Waals surface area contributed by atoms with Gasteiger partial charge in [0.15, 0.2) is 5.96 Å². The van der Waals surface area contributed by atoms with Crippen LogP contribution in [0.3, 0.4) is 0 Å². The van der Waals surface area contributed by atoms with Gasteiger partial charge in [-0.05, 0) is 26.8 Å². The molecule has 0 heterocycles. The van der Waals surface area contributed by atoms with Crippen molar-refractivity contribution in [2.45, 2.75) is 44.6 Å². The third kappa shape index (κ3) is 5.68. The largest absolute Gasteiger partial charge is 0.425 e. The Hall–Kier alpha value is -1.87. The fourth-order valence-electron chi connectivity index (χ4n) is 2.51. The topological polar surface area (TPSA) is 135 Å². The van der Waals surface area contributed by atoms with Crippen molar-refractivity contribution in [1.29, 1.82) is 5.41 Å². The van der Waals surface area contributed by atoms with Gasteiger partial charge < -0.3 is 25.8 Å². The van der Waals surface area contributed by atoms with Gasteiger partial charge in [-0.15, -0.1) is 0 Å². The molecule has 0 spiro atoms. The van der Waals surface area contributed by atoms with E-state index in [-0.39, 0.29) is 30.6 Å². The van der Waals surface area contributed by atoms with Crippen molar-refractivity contribution < 1.29 is 19.1 Å². The lowest BCUT2D eigenvalue weighted by Crippen LogP contribution is -2.63. The average molecular weight is 329 g/mol. The number of hydrogen-bond acceptors (Lipinski definition) is 7. The van der Waals surface area contributed by atoms with Crippen LogP contribution >= 0.6 is 0 Å². The standard InChI is InChI=1S/C14H27N5O4/c1-9(23-12(21)8-19(4)13(15)16)22-11(20)7-18(3)10-5-6-14(10,2)17/h9-10H,5-8,17H2,1-4H3,(H3,15,16). The molecule has 0 aliphatic heterocycles. The van der Waals surface area contributed by atoms with Gasteiger partial charge in [0, 0.05) is 25.6 Å². The van der Waals surface area contributed by atoms with Gasteiger partial charge in [0.1, 0.15) is 6.54 Å². The number of nitrogens with one attached hydrogen (secondary N) is 1. The van der Waals surface area contributed by atoms with Gasteiger partial charge in [-0.3, -0.25) is 19.9 Å². The molecule has 5 N–H and O–H groups in total. The van der Waals surface area contributed by atoms with E-state index >= 15 is 0 Å². The van der Waals surface area contributed by atoms with Crippen LogP contribution in [0.15, 0.2) is 0 Å². The number of nitrogens with two attached hydrogens (primary N) is 2. The number of guanidine groups is 1. The van der Waals surface area contributed by atoms with E-state index in [4.69, 9.17) is 26.4 Å². The van der Waals surface area contributed by atoms with Crippen molar-refractivity contribution in [2.24, 2.45) is 11.5 Å². The van der Waals surface area contributed by atoms with Gasteiger partial charge in [-0.1, -0.05) is 0 Å². The maximum absolute atomic E-state index is 11.9. The number of carbonyl (C=O) groups is 2. The first kappa shape index (κ1) is 19.2.